The topological polar surface area (TPSA) is 77.2 Å². The highest BCUT2D eigenvalue weighted by molar-refractivity contribution is 7.91. The Labute approximate surface area is 110 Å². The quantitative estimate of drug-likeness (QED) is 0.847. The van der Waals surface area contributed by atoms with Crippen LogP contribution in [0.15, 0.2) is 0 Å². The fraction of sp³-hybridized carbons (Fsp3) is 0.923. The second-order valence-corrected chi connectivity index (χ2v) is 8.89. The van der Waals surface area contributed by atoms with Gasteiger partial charge in [-0.1, -0.05) is 27.2 Å². The van der Waals surface area contributed by atoms with Gasteiger partial charge in [-0.15, -0.1) is 0 Å². The standard InChI is InChI=1S/C13H25NO3S/c1-13(2,3)12(14)11(15)9-6-5-7-10(8-9)18(4,16)17/h9-10,12H,5-8,14H2,1-4H3. The molecule has 0 aliphatic heterocycles. The molecule has 0 radical (unpaired) electrons. The molecule has 1 rings (SSSR count). The normalized spacial score (nSPS) is 27.8. The lowest BCUT2D eigenvalue weighted by molar-refractivity contribution is -0.127. The second kappa shape index (κ2) is 5.29. The van der Waals surface area contributed by atoms with Crippen LogP contribution in [-0.4, -0.2) is 31.7 Å². The summed E-state index contributed by atoms with van der Waals surface area (Å²) in [6.45, 7) is 5.81. The smallest absolute Gasteiger partial charge is 0.153 e. The van der Waals surface area contributed by atoms with Gasteiger partial charge in [0.15, 0.2) is 5.78 Å². The lowest BCUT2D eigenvalue weighted by Gasteiger charge is -2.33. The van der Waals surface area contributed by atoms with E-state index in [1.165, 1.54) is 6.26 Å². The van der Waals surface area contributed by atoms with Gasteiger partial charge in [0, 0.05) is 12.2 Å². The highest BCUT2D eigenvalue weighted by Crippen LogP contribution is 2.32. The summed E-state index contributed by atoms with van der Waals surface area (Å²) in [6.07, 6.45) is 3.95. The number of ketones is 1. The summed E-state index contributed by atoms with van der Waals surface area (Å²) in [5, 5.41) is -0.368. The number of sulfone groups is 1. The first-order valence-electron chi connectivity index (χ1n) is 6.51. The zero-order valence-electron chi connectivity index (χ0n) is 11.8. The van der Waals surface area contributed by atoms with Crippen LogP contribution in [0.2, 0.25) is 0 Å². The summed E-state index contributed by atoms with van der Waals surface area (Å²) in [5.41, 5.74) is 5.71. The fourth-order valence-electron chi connectivity index (χ4n) is 2.47. The number of hydrogen-bond donors (Lipinski definition) is 1. The van der Waals surface area contributed by atoms with Gasteiger partial charge in [-0.3, -0.25) is 4.79 Å². The molecule has 0 saturated heterocycles. The van der Waals surface area contributed by atoms with Crippen LogP contribution in [0.4, 0.5) is 0 Å². The van der Waals surface area contributed by atoms with Crippen LogP contribution in [0.5, 0.6) is 0 Å². The molecule has 0 spiro atoms. The lowest BCUT2D eigenvalue weighted by atomic mass is 9.76. The van der Waals surface area contributed by atoms with E-state index in [1.54, 1.807) is 0 Å². The van der Waals surface area contributed by atoms with Crippen molar-refractivity contribution in [3.63, 3.8) is 0 Å². The van der Waals surface area contributed by atoms with Crippen molar-refractivity contribution in [1.29, 1.82) is 0 Å². The Morgan fingerprint density at radius 1 is 1.28 bits per heavy atom. The monoisotopic (exact) mass is 275 g/mol. The Morgan fingerprint density at radius 3 is 2.28 bits per heavy atom. The van der Waals surface area contributed by atoms with E-state index in [2.05, 4.69) is 0 Å². The molecular formula is C13H25NO3S. The molecule has 0 aromatic carbocycles. The molecule has 0 aromatic rings. The number of carbonyl (C=O) groups excluding carboxylic acids is 1. The van der Waals surface area contributed by atoms with Crippen LogP contribution >= 0.6 is 0 Å². The first kappa shape index (κ1) is 15.6. The Hall–Kier alpha value is -0.420. The molecule has 0 aromatic heterocycles. The van der Waals surface area contributed by atoms with E-state index >= 15 is 0 Å². The zero-order valence-corrected chi connectivity index (χ0v) is 12.6. The molecule has 18 heavy (non-hydrogen) atoms. The Morgan fingerprint density at radius 2 is 1.83 bits per heavy atom. The van der Waals surface area contributed by atoms with Crippen molar-refractivity contribution in [2.45, 2.75) is 57.7 Å². The van der Waals surface area contributed by atoms with Gasteiger partial charge in [-0.05, 0) is 24.7 Å². The molecule has 3 unspecified atom stereocenters. The molecule has 106 valence electrons. The summed E-state index contributed by atoms with van der Waals surface area (Å²) in [6, 6.07) is -0.513. The fourth-order valence-corrected chi connectivity index (χ4v) is 3.65. The Balaban J connectivity index is 2.76. The van der Waals surface area contributed by atoms with Gasteiger partial charge in [-0.2, -0.15) is 0 Å². The molecule has 1 fully saturated rings. The zero-order chi connectivity index (χ0) is 14.1. The maximum absolute atomic E-state index is 12.3. The summed E-state index contributed by atoms with van der Waals surface area (Å²) in [7, 11) is -3.05. The van der Waals surface area contributed by atoms with Gasteiger partial charge in [0.05, 0.1) is 11.3 Å². The van der Waals surface area contributed by atoms with E-state index in [-0.39, 0.29) is 22.4 Å². The van der Waals surface area contributed by atoms with Crippen molar-refractivity contribution in [3.8, 4) is 0 Å². The molecule has 0 heterocycles. The number of rotatable bonds is 3. The van der Waals surface area contributed by atoms with Gasteiger partial charge < -0.3 is 5.73 Å². The van der Waals surface area contributed by atoms with Crippen LogP contribution < -0.4 is 5.73 Å². The average Bonchev–Trinajstić information content (AvgIpc) is 2.25. The van der Waals surface area contributed by atoms with Crippen molar-refractivity contribution in [3.05, 3.63) is 0 Å². The molecule has 1 aliphatic carbocycles. The molecule has 2 N–H and O–H groups in total. The first-order chi connectivity index (χ1) is 8.03. The molecule has 1 aliphatic rings. The number of nitrogens with two attached hydrogens (primary N) is 1. The maximum atomic E-state index is 12.3. The summed E-state index contributed by atoms with van der Waals surface area (Å²) in [4.78, 5) is 12.3. The molecule has 4 nitrogen and oxygen atoms in total. The summed E-state index contributed by atoms with van der Waals surface area (Å²) < 4.78 is 23.2. The lowest BCUT2D eigenvalue weighted by Crippen LogP contribution is -2.47. The van der Waals surface area contributed by atoms with E-state index in [9.17, 15) is 13.2 Å². The number of hydrogen-bond acceptors (Lipinski definition) is 4. The van der Waals surface area contributed by atoms with Gasteiger partial charge in [0.25, 0.3) is 0 Å². The van der Waals surface area contributed by atoms with Crippen LogP contribution in [0, 0.1) is 11.3 Å². The third-order valence-corrected chi connectivity index (χ3v) is 5.51. The van der Waals surface area contributed by atoms with Crippen molar-refractivity contribution in [1.82, 2.24) is 0 Å². The largest absolute Gasteiger partial charge is 0.321 e. The van der Waals surface area contributed by atoms with Crippen molar-refractivity contribution >= 4 is 15.6 Å². The summed E-state index contributed by atoms with van der Waals surface area (Å²) in [5.74, 6) is -0.163. The maximum Gasteiger partial charge on any atom is 0.153 e. The van der Waals surface area contributed by atoms with Gasteiger partial charge in [0.1, 0.15) is 9.84 Å². The molecular weight excluding hydrogens is 250 g/mol. The highest BCUT2D eigenvalue weighted by Gasteiger charge is 2.37. The van der Waals surface area contributed by atoms with E-state index in [1.807, 2.05) is 20.8 Å². The minimum Gasteiger partial charge on any atom is -0.321 e. The van der Waals surface area contributed by atoms with Gasteiger partial charge in [0.2, 0.25) is 0 Å². The average molecular weight is 275 g/mol. The van der Waals surface area contributed by atoms with E-state index in [4.69, 9.17) is 5.73 Å². The predicted molar refractivity (Wildman–Crippen MR) is 73.0 cm³/mol. The molecule has 3 atom stereocenters. The first-order valence-corrected chi connectivity index (χ1v) is 8.47. The van der Waals surface area contributed by atoms with Crippen LogP contribution in [0.25, 0.3) is 0 Å². The SMILES string of the molecule is CC(C)(C)C(N)C(=O)C1CCCC(S(C)(=O)=O)C1. The van der Waals surface area contributed by atoms with Gasteiger partial charge >= 0.3 is 0 Å². The van der Waals surface area contributed by atoms with E-state index in [0.29, 0.717) is 12.8 Å². The van der Waals surface area contributed by atoms with Crippen LogP contribution in [0.3, 0.4) is 0 Å². The van der Waals surface area contributed by atoms with Crippen LogP contribution in [-0.2, 0) is 14.6 Å². The minimum absolute atomic E-state index is 0.0239. The van der Waals surface area contributed by atoms with Crippen molar-refractivity contribution < 1.29 is 13.2 Å². The van der Waals surface area contributed by atoms with Crippen LogP contribution in [0.1, 0.15) is 46.5 Å². The third kappa shape index (κ3) is 3.79. The summed E-state index contributed by atoms with van der Waals surface area (Å²) >= 11 is 0. The molecule has 1 saturated carbocycles. The molecule has 5 heteroatoms. The molecule has 0 bridgehead atoms. The minimum atomic E-state index is -3.05. The van der Waals surface area contributed by atoms with Crippen molar-refractivity contribution in [2.24, 2.45) is 17.1 Å². The Kier molecular flexibility index (Phi) is 4.60. The second-order valence-electron chi connectivity index (χ2n) is 6.56. The predicted octanol–water partition coefficient (Wildman–Crippen LogP) is 1.53. The van der Waals surface area contributed by atoms with Crippen molar-refractivity contribution in [2.75, 3.05) is 6.26 Å². The number of carbonyl (C=O) groups is 1. The Bertz CT molecular complexity index is 408. The third-order valence-electron chi connectivity index (χ3n) is 3.87. The van der Waals surface area contributed by atoms with Gasteiger partial charge in [-0.25, -0.2) is 8.42 Å². The highest BCUT2D eigenvalue weighted by atomic mass is 32.2. The van der Waals surface area contributed by atoms with E-state index < -0.39 is 15.9 Å². The number of Topliss-reactive ketones (excluding diaryl/α,β-unsaturated/α-hetero) is 1. The van der Waals surface area contributed by atoms with E-state index in [0.717, 1.165) is 12.8 Å². The molecule has 0 amide bonds.